The van der Waals surface area contributed by atoms with Crippen molar-refractivity contribution in [1.82, 2.24) is 20.1 Å². The lowest BCUT2D eigenvalue weighted by Gasteiger charge is -2.29. The van der Waals surface area contributed by atoms with E-state index in [1.165, 1.54) is 4.57 Å². The van der Waals surface area contributed by atoms with Crippen LogP contribution in [0.15, 0.2) is 0 Å². The summed E-state index contributed by atoms with van der Waals surface area (Å²) in [7, 11) is 1.57. The zero-order valence-electron chi connectivity index (χ0n) is 9.10. The van der Waals surface area contributed by atoms with Gasteiger partial charge in [0.05, 0.1) is 0 Å². The Morgan fingerprint density at radius 2 is 2.06 bits per heavy atom. The second-order valence-corrected chi connectivity index (χ2v) is 4.14. The fourth-order valence-electron chi connectivity index (χ4n) is 2.08. The Bertz CT molecular complexity index is 390. The number of alkyl halides is 3. The van der Waals surface area contributed by atoms with E-state index >= 15 is 0 Å². The average molecular weight is 234 g/mol. The summed E-state index contributed by atoms with van der Waals surface area (Å²) in [5.41, 5.74) is -1.89. The molecule has 0 saturated carbocycles. The highest BCUT2D eigenvalue weighted by molar-refractivity contribution is 5.18. The molecule has 0 radical (unpaired) electrons. The Morgan fingerprint density at radius 3 is 2.44 bits per heavy atom. The van der Waals surface area contributed by atoms with E-state index < -0.39 is 11.6 Å². The summed E-state index contributed by atoms with van der Waals surface area (Å²) in [6.45, 7) is 1.87. The Labute approximate surface area is 90.9 Å². The molecule has 0 bridgehead atoms. The summed E-state index contributed by atoms with van der Waals surface area (Å²) < 4.78 is 40.9. The van der Waals surface area contributed by atoms with E-state index in [1.54, 1.807) is 14.0 Å². The van der Waals surface area contributed by atoms with Gasteiger partial charge in [0.25, 0.3) is 0 Å². The maximum atomic E-state index is 13.2. The predicted octanol–water partition coefficient (Wildman–Crippen LogP) is 0.917. The minimum Gasteiger partial charge on any atom is -0.318 e. The predicted molar refractivity (Wildman–Crippen MR) is 51.0 cm³/mol. The van der Waals surface area contributed by atoms with Gasteiger partial charge in [-0.3, -0.25) is 0 Å². The molecule has 4 nitrogen and oxygen atoms in total. The SMILES string of the molecule is Cc1nnc(C2(C(F)(F)F)CCNC2)n1C. The molecule has 1 aliphatic rings. The molecule has 16 heavy (non-hydrogen) atoms. The minimum atomic E-state index is -4.30. The topological polar surface area (TPSA) is 42.7 Å². The number of aromatic nitrogens is 3. The molecule has 1 atom stereocenters. The molecule has 1 aromatic heterocycles. The van der Waals surface area contributed by atoms with E-state index in [4.69, 9.17) is 0 Å². The smallest absolute Gasteiger partial charge is 0.318 e. The van der Waals surface area contributed by atoms with E-state index in [2.05, 4.69) is 15.5 Å². The van der Waals surface area contributed by atoms with Gasteiger partial charge in [0.1, 0.15) is 17.1 Å². The molecule has 0 aliphatic carbocycles. The summed E-state index contributed by atoms with van der Waals surface area (Å²) in [5, 5.41) is 10.1. The van der Waals surface area contributed by atoms with E-state index in [0.29, 0.717) is 12.4 Å². The first-order valence-corrected chi connectivity index (χ1v) is 5.02. The van der Waals surface area contributed by atoms with Gasteiger partial charge in [0.2, 0.25) is 0 Å². The van der Waals surface area contributed by atoms with Gasteiger partial charge in [-0.15, -0.1) is 10.2 Å². The molecule has 1 aliphatic heterocycles. The number of hydrogen-bond donors (Lipinski definition) is 1. The van der Waals surface area contributed by atoms with E-state index in [0.717, 1.165) is 0 Å². The fourth-order valence-corrected chi connectivity index (χ4v) is 2.08. The number of aryl methyl sites for hydroxylation is 1. The molecule has 1 N–H and O–H groups in total. The Balaban J connectivity index is 2.52. The Morgan fingerprint density at radius 1 is 1.38 bits per heavy atom. The van der Waals surface area contributed by atoms with E-state index in [1.807, 2.05) is 0 Å². The lowest BCUT2D eigenvalue weighted by molar-refractivity contribution is -0.187. The van der Waals surface area contributed by atoms with Crippen molar-refractivity contribution >= 4 is 0 Å². The van der Waals surface area contributed by atoms with Crippen LogP contribution in [0.2, 0.25) is 0 Å². The minimum absolute atomic E-state index is 0.00231. The first kappa shape index (κ1) is 11.4. The Hall–Kier alpha value is -1.11. The third-order valence-corrected chi connectivity index (χ3v) is 3.22. The van der Waals surface area contributed by atoms with E-state index in [-0.39, 0.29) is 18.8 Å². The first-order chi connectivity index (χ1) is 7.38. The zero-order valence-corrected chi connectivity index (χ0v) is 9.10. The van der Waals surface area contributed by atoms with Crippen LogP contribution < -0.4 is 5.32 Å². The lowest BCUT2D eigenvalue weighted by Crippen LogP contribution is -2.46. The van der Waals surface area contributed by atoms with Crippen LogP contribution in [0, 0.1) is 6.92 Å². The molecular weight excluding hydrogens is 221 g/mol. The highest BCUT2D eigenvalue weighted by Crippen LogP contribution is 2.44. The highest BCUT2D eigenvalue weighted by Gasteiger charge is 2.60. The van der Waals surface area contributed by atoms with Gasteiger partial charge < -0.3 is 9.88 Å². The van der Waals surface area contributed by atoms with Gasteiger partial charge >= 0.3 is 6.18 Å². The number of halogens is 3. The third kappa shape index (κ3) is 1.41. The van der Waals surface area contributed by atoms with Crippen LogP contribution in [0.5, 0.6) is 0 Å². The van der Waals surface area contributed by atoms with Crippen molar-refractivity contribution in [2.75, 3.05) is 13.1 Å². The molecule has 0 spiro atoms. The van der Waals surface area contributed by atoms with Crippen LogP contribution >= 0.6 is 0 Å². The normalized spacial score (nSPS) is 26.3. The van der Waals surface area contributed by atoms with Crippen LogP contribution in [0.1, 0.15) is 18.1 Å². The second kappa shape index (κ2) is 3.44. The second-order valence-electron chi connectivity index (χ2n) is 4.14. The molecule has 1 aromatic rings. The number of nitrogens with one attached hydrogen (secondary N) is 1. The van der Waals surface area contributed by atoms with Crippen molar-refractivity contribution in [2.24, 2.45) is 7.05 Å². The molecule has 2 rings (SSSR count). The molecule has 0 aromatic carbocycles. The fraction of sp³-hybridized carbons (Fsp3) is 0.778. The largest absolute Gasteiger partial charge is 0.402 e. The molecule has 1 unspecified atom stereocenters. The van der Waals surface area contributed by atoms with Gasteiger partial charge in [0.15, 0.2) is 0 Å². The highest BCUT2D eigenvalue weighted by atomic mass is 19.4. The molecule has 90 valence electrons. The summed E-state index contributed by atoms with van der Waals surface area (Å²) >= 11 is 0. The summed E-state index contributed by atoms with van der Waals surface area (Å²) in [6, 6.07) is 0. The van der Waals surface area contributed by atoms with Crippen molar-refractivity contribution in [3.8, 4) is 0 Å². The summed E-state index contributed by atoms with van der Waals surface area (Å²) in [5.74, 6) is 0.494. The van der Waals surface area contributed by atoms with Gasteiger partial charge in [-0.05, 0) is 19.9 Å². The van der Waals surface area contributed by atoms with Crippen LogP contribution in [-0.4, -0.2) is 34.0 Å². The van der Waals surface area contributed by atoms with Gasteiger partial charge in [0, 0.05) is 13.6 Å². The third-order valence-electron chi connectivity index (χ3n) is 3.22. The van der Waals surface area contributed by atoms with Crippen LogP contribution in [0.25, 0.3) is 0 Å². The molecule has 1 fully saturated rings. The summed E-state index contributed by atoms with van der Waals surface area (Å²) in [6.07, 6.45) is -4.29. The molecule has 7 heteroatoms. The molecule has 1 saturated heterocycles. The average Bonchev–Trinajstić information content (AvgIpc) is 2.75. The number of hydrogen-bond acceptors (Lipinski definition) is 3. The Kier molecular flexibility index (Phi) is 2.45. The molecular formula is C9H13F3N4. The van der Waals surface area contributed by atoms with Crippen molar-refractivity contribution < 1.29 is 13.2 Å². The lowest BCUT2D eigenvalue weighted by atomic mass is 9.85. The van der Waals surface area contributed by atoms with Crippen molar-refractivity contribution in [3.63, 3.8) is 0 Å². The number of nitrogens with zero attached hydrogens (tertiary/aromatic N) is 3. The summed E-state index contributed by atoms with van der Waals surface area (Å²) in [4.78, 5) is 0. The van der Waals surface area contributed by atoms with Crippen LogP contribution in [0.4, 0.5) is 13.2 Å². The van der Waals surface area contributed by atoms with Gasteiger partial charge in [-0.1, -0.05) is 0 Å². The first-order valence-electron chi connectivity index (χ1n) is 5.02. The standard InChI is InChI=1S/C9H13F3N4/c1-6-14-15-7(16(6)2)8(9(10,11)12)3-4-13-5-8/h13H,3-5H2,1-2H3. The van der Waals surface area contributed by atoms with Gasteiger partial charge in [-0.25, -0.2) is 0 Å². The van der Waals surface area contributed by atoms with Crippen molar-refractivity contribution in [3.05, 3.63) is 11.6 Å². The van der Waals surface area contributed by atoms with Crippen molar-refractivity contribution in [1.29, 1.82) is 0 Å². The van der Waals surface area contributed by atoms with Crippen LogP contribution in [-0.2, 0) is 12.5 Å². The zero-order chi connectivity index (χ0) is 12.0. The molecule has 0 amide bonds. The maximum Gasteiger partial charge on any atom is 0.402 e. The van der Waals surface area contributed by atoms with Crippen molar-refractivity contribution in [2.45, 2.75) is 24.9 Å². The van der Waals surface area contributed by atoms with E-state index in [9.17, 15) is 13.2 Å². The van der Waals surface area contributed by atoms with Gasteiger partial charge in [-0.2, -0.15) is 13.2 Å². The maximum absolute atomic E-state index is 13.2. The molecule has 2 heterocycles. The van der Waals surface area contributed by atoms with Crippen LogP contribution in [0.3, 0.4) is 0 Å². The monoisotopic (exact) mass is 234 g/mol. The quantitative estimate of drug-likeness (QED) is 0.785. The number of rotatable bonds is 1.